The first kappa shape index (κ1) is 20.5. The lowest BCUT2D eigenvalue weighted by atomic mass is 10.0. The summed E-state index contributed by atoms with van der Waals surface area (Å²) in [7, 11) is 0. The van der Waals surface area contributed by atoms with Gasteiger partial charge in [-0.3, -0.25) is 4.79 Å². The topological polar surface area (TPSA) is 103 Å². The fraction of sp³-hybridized carbons (Fsp3) is 0.100. The van der Waals surface area contributed by atoms with E-state index in [9.17, 15) is 18.0 Å². The number of ether oxygens (including phenoxy) is 1. The molecule has 0 saturated heterocycles. The van der Waals surface area contributed by atoms with Crippen molar-refractivity contribution < 1.29 is 22.7 Å². The number of nitrogens with one attached hydrogen (secondary N) is 1. The molecular weight excluding hydrogens is 431 g/mol. The number of rotatable bonds is 4. The summed E-state index contributed by atoms with van der Waals surface area (Å²) < 4.78 is 49.2. The first-order valence-electron chi connectivity index (χ1n) is 8.86. The standard InChI is InChI=1S/C20H14F3N5O2S/c1-8-15(21)17(23)14(18(24)16(8)22)10-6-13(26-7-25-10)30-11-4-3-5-12-19(11)28-20(31-12)27-9(2)29/h3-7H,24H2,1-2H3,(H,27,28,29). The van der Waals surface area contributed by atoms with Gasteiger partial charge in [0.05, 0.1) is 21.6 Å². The van der Waals surface area contributed by atoms with Crippen molar-refractivity contribution >= 4 is 38.3 Å². The molecule has 11 heteroatoms. The molecule has 0 aliphatic rings. The molecule has 0 spiro atoms. The number of halogens is 3. The van der Waals surface area contributed by atoms with Crippen molar-refractivity contribution in [2.75, 3.05) is 11.1 Å². The van der Waals surface area contributed by atoms with Crippen molar-refractivity contribution in [1.29, 1.82) is 0 Å². The normalized spacial score (nSPS) is 11.0. The molecule has 4 rings (SSSR count). The molecule has 2 aromatic heterocycles. The van der Waals surface area contributed by atoms with Gasteiger partial charge in [0.1, 0.15) is 11.8 Å². The number of nitrogens with zero attached hydrogens (tertiary/aromatic N) is 3. The van der Waals surface area contributed by atoms with Crippen molar-refractivity contribution in [2.24, 2.45) is 0 Å². The number of para-hydroxylation sites is 1. The lowest BCUT2D eigenvalue weighted by molar-refractivity contribution is -0.114. The third-order valence-corrected chi connectivity index (χ3v) is 5.29. The summed E-state index contributed by atoms with van der Waals surface area (Å²) in [4.78, 5) is 23.4. The number of hydrogen-bond donors (Lipinski definition) is 2. The van der Waals surface area contributed by atoms with E-state index in [1.54, 1.807) is 18.2 Å². The van der Waals surface area contributed by atoms with Crippen molar-refractivity contribution in [3.05, 3.63) is 53.6 Å². The minimum Gasteiger partial charge on any atom is -0.437 e. The minimum absolute atomic E-state index is 0.0215. The quantitative estimate of drug-likeness (QED) is 0.345. The fourth-order valence-electron chi connectivity index (χ4n) is 2.91. The molecule has 0 aliphatic heterocycles. The van der Waals surface area contributed by atoms with Gasteiger partial charge in [-0.25, -0.2) is 28.1 Å². The third-order valence-electron chi connectivity index (χ3n) is 4.35. The highest BCUT2D eigenvalue weighted by Crippen LogP contribution is 2.37. The highest BCUT2D eigenvalue weighted by atomic mass is 32.1. The van der Waals surface area contributed by atoms with Gasteiger partial charge in [-0.15, -0.1) is 0 Å². The van der Waals surface area contributed by atoms with Gasteiger partial charge in [0.2, 0.25) is 11.8 Å². The van der Waals surface area contributed by atoms with Crippen LogP contribution in [0.15, 0.2) is 30.6 Å². The highest BCUT2D eigenvalue weighted by Gasteiger charge is 2.23. The first-order valence-corrected chi connectivity index (χ1v) is 9.67. The second kappa shape index (κ2) is 7.84. The average molecular weight is 445 g/mol. The Hall–Kier alpha value is -3.73. The lowest BCUT2D eigenvalue weighted by Crippen LogP contribution is -2.06. The van der Waals surface area contributed by atoms with E-state index in [-0.39, 0.29) is 17.5 Å². The molecule has 0 atom stereocenters. The summed E-state index contributed by atoms with van der Waals surface area (Å²) in [5.41, 5.74) is 4.39. The number of amides is 1. The highest BCUT2D eigenvalue weighted by molar-refractivity contribution is 7.22. The molecular formula is C20H14F3N5O2S. The maximum absolute atomic E-state index is 14.5. The van der Waals surface area contributed by atoms with Gasteiger partial charge in [-0.2, -0.15) is 0 Å². The van der Waals surface area contributed by atoms with Crippen LogP contribution in [0, 0.1) is 24.4 Å². The molecule has 0 aliphatic carbocycles. The van der Waals surface area contributed by atoms with Crippen molar-refractivity contribution in [3.63, 3.8) is 0 Å². The number of nitrogens with two attached hydrogens (primary N) is 1. The summed E-state index contributed by atoms with van der Waals surface area (Å²) in [6.45, 7) is 2.46. The van der Waals surface area contributed by atoms with Gasteiger partial charge >= 0.3 is 0 Å². The smallest absolute Gasteiger partial charge is 0.223 e. The van der Waals surface area contributed by atoms with Crippen LogP contribution in [-0.4, -0.2) is 20.9 Å². The van der Waals surface area contributed by atoms with Gasteiger partial charge in [0, 0.05) is 18.6 Å². The zero-order valence-electron chi connectivity index (χ0n) is 16.2. The van der Waals surface area contributed by atoms with E-state index in [2.05, 4.69) is 20.3 Å². The Morgan fingerprint density at radius 1 is 1.16 bits per heavy atom. The van der Waals surface area contributed by atoms with Gasteiger partial charge in [-0.1, -0.05) is 17.4 Å². The van der Waals surface area contributed by atoms with Crippen LogP contribution in [0.1, 0.15) is 12.5 Å². The molecule has 1 amide bonds. The van der Waals surface area contributed by atoms with E-state index < -0.39 is 34.3 Å². The number of carbonyl (C=O) groups is 1. The largest absolute Gasteiger partial charge is 0.437 e. The third kappa shape index (κ3) is 3.75. The molecule has 0 bridgehead atoms. The Morgan fingerprint density at radius 3 is 2.68 bits per heavy atom. The van der Waals surface area contributed by atoms with Crippen LogP contribution in [0.25, 0.3) is 21.5 Å². The zero-order valence-corrected chi connectivity index (χ0v) is 17.0. The molecule has 2 aromatic carbocycles. The Kier molecular flexibility index (Phi) is 5.19. The zero-order chi connectivity index (χ0) is 22.3. The summed E-state index contributed by atoms with van der Waals surface area (Å²) >= 11 is 1.25. The molecule has 31 heavy (non-hydrogen) atoms. The van der Waals surface area contributed by atoms with E-state index in [4.69, 9.17) is 10.5 Å². The maximum Gasteiger partial charge on any atom is 0.223 e. The maximum atomic E-state index is 14.5. The number of fused-ring (bicyclic) bond motifs is 1. The number of aromatic nitrogens is 3. The van der Waals surface area contributed by atoms with Crippen molar-refractivity contribution in [2.45, 2.75) is 13.8 Å². The molecule has 3 N–H and O–H groups in total. The van der Waals surface area contributed by atoms with Crippen molar-refractivity contribution in [1.82, 2.24) is 15.0 Å². The molecule has 7 nitrogen and oxygen atoms in total. The summed E-state index contributed by atoms with van der Waals surface area (Å²) in [5, 5.41) is 3.00. The minimum atomic E-state index is -1.35. The average Bonchev–Trinajstić information content (AvgIpc) is 3.14. The second-order valence-electron chi connectivity index (χ2n) is 6.50. The Morgan fingerprint density at radius 2 is 1.94 bits per heavy atom. The van der Waals surface area contributed by atoms with Crippen molar-refractivity contribution in [3.8, 4) is 22.9 Å². The summed E-state index contributed by atoms with van der Waals surface area (Å²) in [6.07, 6.45) is 1.06. The molecule has 0 saturated carbocycles. The number of benzene rings is 2. The van der Waals surface area contributed by atoms with Gasteiger partial charge in [-0.05, 0) is 19.1 Å². The summed E-state index contributed by atoms with van der Waals surface area (Å²) in [5.74, 6) is -3.70. The molecule has 0 radical (unpaired) electrons. The fourth-order valence-corrected chi connectivity index (χ4v) is 3.83. The molecule has 158 valence electrons. The monoisotopic (exact) mass is 445 g/mol. The Bertz CT molecular complexity index is 1310. The van der Waals surface area contributed by atoms with Crippen LogP contribution in [0.2, 0.25) is 0 Å². The first-order chi connectivity index (χ1) is 14.8. The van der Waals surface area contributed by atoms with Gasteiger partial charge < -0.3 is 15.8 Å². The molecule has 0 unspecified atom stereocenters. The predicted octanol–water partition coefficient (Wildman–Crippen LogP) is 4.81. The van der Waals surface area contributed by atoms with Crippen LogP contribution in [0.5, 0.6) is 11.6 Å². The van der Waals surface area contributed by atoms with E-state index in [1.807, 2.05) is 0 Å². The number of nitrogen functional groups attached to an aromatic ring is 1. The Labute approximate surface area is 177 Å². The Balaban J connectivity index is 1.74. The number of carbonyl (C=O) groups excluding carboxylic acids is 1. The number of anilines is 2. The van der Waals surface area contributed by atoms with Crippen LogP contribution in [0.3, 0.4) is 0 Å². The lowest BCUT2D eigenvalue weighted by Gasteiger charge is -2.12. The van der Waals surface area contributed by atoms with Crippen LogP contribution >= 0.6 is 11.3 Å². The van der Waals surface area contributed by atoms with E-state index in [1.165, 1.54) is 24.3 Å². The van der Waals surface area contributed by atoms with Crippen LogP contribution < -0.4 is 15.8 Å². The molecule has 4 aromatic rings. The van der Waals surface area contributed by atoms with E-state index in [0.717, 1.165) is 18.0 Å². The second-order valence-corrected chi connectivity index (χ2v) is 7.53. The number of thiazole rings is 1. The molecule has 2 heterocycles. The van der Waals surface area contributed by atoms with Gasteiger partial charge in [0.25, 0.3) is 0 Å². The van der Waals surface area contributed by atoms with Gasteiger partial charge in [0.15, 0.2) is 28.3 Å². The van der Waals surface area contributed by atoms with Crippen LogP contribution in [0.4, 0.5) is 24.0 Å². The predicted molar refractivity (Wildman–Crippen MR) is 110 cm³/mol. The summed E-state index contributed by atoms with van der Waals surface area (Å²) in [6, 6.07) is 6.35. The number of hydrogen-bond acceptors (Lipinski definition) is 7. The SMILES string of the molecule is CC(=O)Nc1nc2c(Oc3cc(-c4c(N)c(F)c(C)c(F)c4F)ncn3)cccc2s1. The van der Waals surface area contributed by atoms with Crippen LogP contribution in [-0.2, 0) is 4.79 Å². The van der Waals surface area contributed by atoms with E-state index >= 15 is 0 Å². The molecule has 0 fully saturated rings. The van der Waals surface area contributed by atoms with E-state index in [0.29, 0.717) is 16.4 Å².